The molecule has 1 aromatic rings. The fraction of sp³-hybridized carbons (Fsp3) is 0.562. The van der Waals surface area contributed by atoms with Gasteiger partial charge in [0.05, 0.1) is 11.3 Å². The van der Waals surface area contributed by atoms with E-state index in [1.165, 1.54) is 25.7 Å². The summed E-state index contributed by atoms with van der Waals surface area (Å²) >= 11 is 6.14. The lowest BCUT2D eigenvalue weighted by molar-refractivity contribution is 0.349. The van der Waals surface area contributed by atoms with E-state index in [1.807, 2.05) is 12.1 Å². The van der Waals surface area contributed by atoms with Gasteiger partial charge < -0.3 is 10.2 Å². The Kier molecular flexibility index (Phi) is 3.87. The minimum atomic E-state index is 0.518. The van der Waals surface area contributed by atoms with Crippen LogP contribution in [0.15, 0.2) is 18.2 Å². The van der Waals surface area contributed by atoms with E-state index >= 15 is 0 Å². The van der Waals surface area contributed by atoms with E-state index < -0.39 is 0 Å². The summed E-state index contributed by atoms with van der Waals surface area (Å²) in [7, 11) is 0. The lowest BCUT2D eigenvalue weighted by Gasteiger charge is -2.39. The molecule has 2 heterocycles. The monoisotopic (exact) mass is 289 g/mol. The molecule has 1 N–H and O–H groups in total. The maximum Gasteiger partial charge on any atom is 0.101 e. The predicted molar refractivity (Wildman–Crippen MR) is 82.2 cm³/mol. The van der Waals surface area contributed by atoms with Gasteiger partial charge in [0, 0.05) is 29.7 Å². The molecule has 106 valence electrons. The molecule has 0 aromatic heterocycles. The number of hydrogen-bond acceptors (Lipinski definition) is 3. The molecule has 0 radical (unpaired) electrons. The van der Waals surface area contributed by atoms with E-state index in [-0.39, 0.29) is 0 Å². The number of rotatable bonds is 3. The Morgan fingerprint density at radius 2 is 2.05 bits per heavy atom. The Hall–Kier alpha value is -1.24. The molecule has 0 spiro atoms. The van der Waals surface area contributed by atoms with Gasteiger partial charge in [-0.15, -0.1) is 0 Å². The molecule has 2 fully saturated rings. The molecular weight excluding hydrogens is 270 g/mol. The first-order chi connectivity index (χ1) is 9.71. The maximum absolute atomic E-state index is 9.34. The van der Waals surface area contributed by atoms with E-state index in [9.17, 15) is 5.26 Å². The third-order valence-corrected chi connectivity index (χ3v) is 4.85. The Balaban J connectivity index is 1.90. The fourth-order valence-electron chi connectivity index (χ4n) is 3.74. The van der Waals surface area contributed by atoms with Crippen molar-refractivity contribution in [3.8, 4) is 6.07 Å². The normalized spacial score (nSPS) is 28.1. The highest BCUT2D eigenvalue weighted by Crippen LogP contribution is 2.34. The van der Waals surface area contributed by atoms with Crippen LogP contribution in [0.2, 0.25) is 5.02 Å². The van der Waals surface area contributed by atoms with Gasteiger partial charge in [-0.05, 0) is 50.8 Å². The van der Waals surface area contributed by atoms with Crippen LogP contribution < -0.4 is 10.2 Å². The van der Waals surface area contributed by atoms with Gasteiger partial charge in [-0.25, -0.2) is 0 Å². The first-order valence-corrected chi connectivity index (χ1v) is 7.81. The number of nitriles is 1. The zero-order valence-electron chi connectivity index (χ0n) is 11.8. The molecule has 2 saturated heterocycles. The summed E-state index contributed by atoms with van der Waals surface area (Å²) in [5, 5.41) is 13.7. The Bertz CT molecular complexity index is 525. The molecule has 2 unspecified atom stereocenters. The fourth-order valence-corrected chi connectivity index (χ4v) is 3.91. The van der Waals surface area contributed by atoms with Crippen molar-refractivity contribution in [1.29, 1.82) is 5.26 Å². The van der Waals surface area contributed by atoms with E-state index in [0.29, 0.717) is 23.1 Å². The third kappa shape index (κ3) is 2.51. The average molecular weight is 290 g/mol. The zero-order valence-corrected chi connectivity index (χ0v) is 12.5. The third-order valence-electron chi connectivity index (χ3n) is 4.62. The summed E-state index contributed by atoms with van der Waals surface area (Å²) in [6.07, 6.45) is 4.92. The summed E-state index contributed by atoms with van der Waals surface area (Å²) in [5.41, 5.74) is 1.72. The van der Waals surface area contributed by atoms with Gasteiger partial charge in [-0.1, -0.05) is 11.6 Å². The highest BCUT2D eigenvalue weighted by molar-refractivity contribution is 6.30. The van der Waals surface area contributed by atoms with Crippen LogP contribution in [0, 0.1) is 11.3 Å². The second kappa shape index (κ2) is 5.63. The summed E-state index contributed by atoms with van der Waals surface area (Å²) in [6.45, 7) is 3.07. The molecule has 2 aliphatic rings. The van der Waals surface area contributed by atoms with Gasteiger partial charge in [0.2, 0.25) is 0 Å². The number of nitrogens with one attached hydrogen (secondary N) is 1. The van der Waals surface area contributed by atoms with Crippen LogP contribution in [0.3, 0.4) is 0 Å². The van der Waals surface area contributed by atoms with Gasteiger partial charge in [0.1, 0.15) is 6.07 Å². The highest BCUT2D eigenvalue weighted by Gasteiger charge is 2.36. The number of piperidine rings is 1. The number of nitrogens with zero attached hydrogens (tertiary/aromatic N) is 2. The van der Waals surface area contributed by atoms with Crippen molar-refractivity contribution in [2.75, 3.05) is 11.4 Å². The molecule has 2 aliphatic heterocycles. The van der Waals surface area contributed by atoms with E-state index in [0.717, 1.165) is 17.8 Å². The summed E-state index contributed by atoms with van der Waals surface area (Å²) in [4.78, 5) is 2.37. The lowest BCUT2D eigenvalue weighted by atomic mass is 9.97. The van der Waals surface area contributed by atoms with Crippen LogP contribution in [0.4, 0.5) is 5.69 Å². The zero-order chi connectivity index (χ0) is 14.1. The molecule has 3 rings (SSSR count). The van der Waals surface area contributed by atoms with Crippen LogP contribution in [0.5, 0.6) is 0 Å². The highest BCUT2D eigenvalue weighted by atomic mass is 35.5. The molecule has 3 nitrogen and oxygen atoms in total. The SMILES string of the molecule is CCN(c1cc(Cl)ccc1C#N)C1CC2CCC(C1)N2. The lowest BCUT2D eigenvalue weighted by Crippen LogP contribution is -2.48. The standard InChI is InChI=1S/C16H20ClN3/c1-2-20(15-8-13-5-6-14(9-15)19-13)16-7-12(17)4-3-11(16)10-18/h3-4,7,13-15,19H,2,5-6,8-9H2,1H3. The van der Waals surface area contributed by atoms with Gasteiger partial charge in [0.25, 0.3) is 0 Å². The van der Waals surface area contributed by atoms with Gasteiger partial charge >= 0.3 is 0 Å². The van der Waals surface area contributed by atoms with Crippen LogP contribution in [0.25, 0.3) is 0 Å². The van der Waals surface area contributed by atoms with Crippen molar-refractivity contribution in [3.05, 3.63) is 28.8 Å². The first-order valence-electron chi connectivity index (χ1n) is 7.43. The molecule has 0 saturated carbocycles. The summed E-state index contributed by atoms with van der Waals surface area (Å²) in [5.74, 6) is 0. The smallest absolute Gasteiger partial charge is 0.101 e. The summed E-state index contributed by atoms with van der Waals surface area (Å²) < 4.78 is 0. The number of fused-ring (bicyclic) bond motifs is 2. The quantitative estimate of drug-likeness (QED) is 0.928. The number of benzene rings is 1. The van der Waals surface area contributed by atoms with Crippen LogP contribution >= 0.6 is 11.6 Å². The van der Waals surface area contributed by atoms with E-state index in [2.05, 4.69) is 23.2 Å². The predicted octanol–water partition coefficient (Wildman–Crippen LogP) is 3.32. The van der Waals surface area contributed by atoms with Crippen LogP contribution in [0.1, 0.15) is 38.2 Å². The molecule has 2 atom stereocenters. The minimum Gasteiger partial charge on any atom is -0.368 e. The van der Waals surface area contributed by atoms with Crippen LogP contribution in [-0.4, -0.2) is 24.7 Å². The van der Waals surface area contributed by atoms with Crippen molar-refractivity contribution >= 4 is 17.3 Å². The molecular formula is C16H20ClN3. The van der Waals surface area contributed by atoms with Crippen molar-refractivity contribution in [2.24, 2.45) is 0 Å². The van der Waals surface area contributed by atoms with Crippen molar-refractivity contribution in [2.45, 2.75) is 50.7 Å². The first kappa shape index (κ1) is 13.7. The average Bonchev–Trinajstić information content (AvgIpc) is 2.79. The molecule has 20 heavy (non-hydrogen) atoms. The largest absolute Gasteiger partial charge is 0.368 e. The van der Waals surface area contributed by atoms with Crippen LogP contribution in [-0.2, 0) is 0 Å². The van der Waals surface area contributed by atoms with Gasteiger partial charge in [0.15, 0.2) is 0 Å². The number of anilines is 1. The molecule has 2 bridgehead atoms. The summed E-state index contributed by atoms with van der Waals surface area (Å²) in [6, 6.07) is 9.68. The number of hydrogen-bond donors (Lipinski definition) is 1. The molecule has 1 aromatic carbocycles. The Labute approximate surface area is 125 Å². The maximum atomic E-state index is 9.34. The van der Waals surface area contributed by atoms with Gasteiger partial charge in [-0.2, -0.15) is 5.26 Å². The van der Waals surface area contributed by atoms with Crippen molar-refractivity contribution in [1.82, 2.24) is 5.32 Å². The van der Waals surface area contributed by atoms with Crippen molar-refractivity contribution in [3.63, 3.8) is 0 Å². The molecule has 0 aliphatic carbocycles. The topological polar surface area (TPSA) is 39.1 Å². The van der Waals surface area contributed by atoms with Gasteiger partial charge in [-0.3, -0.25) is 0 Å². The Morgan fingerprint density at radius 1 is 1.35 bits per heavy atom. The second-order valence-electron chi connectivity index (χ2n) is 5.82. The molecule has 4 heteroatoms. The van der Waals surface area contributed by atoms with E-state index in [4.69, 9.17) is 11.6 Å². The Morgan fingerprint density at radius 3 is 2.65 bits per heavy atom. The second-order valence-corrected chi connectivity index (χ2v) is 6.26. The van der Waals surface area contributed by atoms with E-state index in [1.54, 1.807) is 6.07 Å². The number of halogens is 1. The minimum absolute atomic E-state index is 0.518. The molecule has 0 amide bonds. The van der Waals surface area contributed by atoms with Crippen molar-refractivity contribution < 1.29 is 0 Å².